The van der Waals surface area contributed by atoms with Gasteiger partial charge in [0.25, 0.3) is 0 Å². The fourth-order valence-electron chi connectivity index (χ4n) is 1.69. The SMILES string of the molecule is CCN(CC)c1nc(C(C)(C)C)nc(N)c1C. The van der Waals surface area contributed by atoms with Crippen LogP contribution in [0.1, 0.15) is 46.0 Å². The first-order valence-corrected chi connectivity index (χ1v) is 6.20. The molecule has 4 heteroatoms. The number of rotatable bonds is 3. The molecule has 1 aromatic rings. The maximum absolute atomic E-state index is 5.99. The number of aromatic nitrogens is 2. The van der Waals surface area contributed by atoms with E-state index >= 15 is 0 Å². The van der Waals surface area contributed by atoms with Gasteiger partial charge in [0, 0.05) is 24.1 Å². The Hall–Kier alpha value is -1.32. The van der Waals surface area contributed by atoms with E-state index in [2.05, 4.69) is 49.5 Å². The first-order chi connectivity index (χ1) is 7.81. The van der Waals surface area contributed by atoms with E-state index in [1.165, 1.54) is 0 Å². The second-order valence-corrected chi connectivity index (χ2v) is 5.30. The molecule has 0 aliphatic rings. The summed E-state index contributed by atoms with van der Waals surface area (Å²) >= 11 is 0. The fourth-order valence-corrected chi connectivity index (χ4v) is 1.69. The topological polar surface area (TPSA) is 55.0 Å². The predicted octanol–water partition coefficient (Wildman–Crippen LogP) is 2.51. The summed E-state index contributed by atoms with van der Waals surface area (Å²) in [5.74, 6) is 2.36. The Bertz CT molecular complexity index is 389. The van der Waals surface area contributed by atoms with Crippen molar-refractivity contribution in [2.75, 3.05) is 23.7 Å². The van der Waals surface area contributed by atoms with Crippen molar-refractivity contribution in [1.82, 2.24) is 9.97 Å². The van der Waals surface area contributed by atoms with E-state index in [0.717, 1.165) is 30.3 Å². The molecule has 0 bridgehead atoms. The Morgan fingerprint density at radius 1 is 1.12 bits per heavy atom. The predicted molar refractivity (Wildman–Crippen MR) is 73.4 cm³/mol. The average molecular weight is 236 g/mol. The minimum absolute atomic E-state index is 0.0796. The third-order valence-corrected chi connectivity index (χ3v) is 2.89. The average Bonchev–Trinajstić information content (AvgIpc) is 2.24. The van der Waals surface area contributed by atoms with Crippen LogP contribution in [0.15, 0.2) is 0 Å². The highest BCUT2D eigenvalue weighted by Crippen LogP contribution is 2.26. The smallest absolute Gasteiger partial charge is 0.138 e. The van der Waals surface area contributed by atoms with Crippen LogP contribution < -0.4 is 10.6 Å². The van der Waals surface area contributed by atoms with Crippen molar-refractivity contribution < 1.29 is 0 Å². The van der Waals surface area contributed by atoms with Gasteiger partial charge in [0.2, 0.25) is 0 Å². The van der Waals surface area contributed by atoms with Gasteiger partial charge in [0.05, 0.1) is 0 Å². The number of nitrogens with zero attached hydrogens (tertiary/aromatic N) is 3. The molecule has 17 heavy (non-hydrogen) atoms. The molecule has 4 nitrogen and oxygen atoms in total. The van der Waals surface area contributed by atoms with Crippen molar-refractivity contribution in [3.63, 3.8) is 0 Å². The molecule has 1 rings (SSSR count). The van der Waals surface area contributed by atoms with E-state index in [1.807, 2.05) is 6.92 Å². The van der Waals surface area contributed by atoms with Crippen LogP contribution in [-0.2, 0) is 5.41 Å². The molecular weight excluding hydrogens is 212 g/mol. The van der Waals surface area contributed by atoms with E-state index in [1.54, 1.807) is 0 Å². The van der Waals surface area contributed by atoms with Gasteiger partial charge < -0.3 is 10.6 Å². The first kappa shape index (κ1) is 13.7. The lowest BCUT2D eigenvalue weighted by atomic mass is 9.95. The van der Waals surface area contributed by atoms with E-state index in [-0.39, 0.29) is 5.41 Å². The molecule has 0 aliphatic carbocycles. The van der Waals surface area contributed by atoms with Gasteiger partial charge in [-0.15, -0.1) is 0 Å². The molecule has 0 radical (unpaired) electrons. The van der Waals surface area contributed by atoms with Crippen LogP contribution in [0.25, 0.3) is 0 Å². The van der Waals surface area contributed by atoms with Crippen LogP contribution in [0, 0.1) is 6.92 Å². The molecule has 1 heterocycles. The zero-order valence-corrected chi connectivity index (χ0v) is 11.8. The molecule has 0 saturated carbocycles. The van der Waals surface area contributed by atoms with Gasteiger partial charge in [-0.1, -0.05) is 20.8 Å². The molecule has 0 saturated heterocycles. The first-order valence-electron chi connectivity index (χ1n) is 6.20. The molecule has 0 amide bonds. The lowest BCUT2D eigenvalue weighted by molar-refractivity contribution is 0.544. The third-order valence-electron chi connectivity index (χ3n) is 2.89. The molecule has 0 unspecified atom stereocenters. The second kappa shape index (κ2) is 4.90. The summed E-state index contributed by atoms with van der Waals surface area (Å²) in [6.45, 7) is 14.4. The van der Waals surface area contributed by atoms with E-state index in [9.17, 15) is 0 Å². The molecule has 0 spiro atoms. The lowest BCUT2D eigenvalue weighted by Crippen LogP contribution is -2.27. The minimum Gasteiger partial charge on any atom is -0.383 e. The van der Waals surface area contributed by atoms with Gasteiger partial charge in [0.1, 0.15) is 17.5 Å². The van der Waals surface area contributed by atoms with Crippen molar-refractivity contribution in [2.45, 2.75) is 47.0 Å². The second-order valence-electron chi connectivity index (χ2n) is 5.30. The molecule has 0 atom stereocenters. The maximum Gasteiger partial charge on any atom is 0.138 e. The van der Waals surface area contributed by atoms with Crippen molar-refractivity contribution in [1.29, 1.82) is 0 Å². The molecule has 1 aromatic heterocycles. The normalized spacial score (nSPS) is 11.6. The van der Waals surface area contributed by atoms with Gasteiger partial charge in [0.15, 0.2) is 0 Å². The van der Waals surface area contributed by atoms with Crippen molar-refractivity contribution in [2.24, 2.45) is 0 Å². The molecule has 0 aromatic carbocycles. The zero-order chi connectivity index (χ0) is 13.2. The van der Waals surface area contributed by atoms with Gasteiger partial charge in [-0.05, 0) is 20.8 Å². The van der Waals surface area contributed by atoms with Crippen LogP contribution >= 0.6 is 0 Å². The molecular formula is C13H24N4. The van der Waals surface area contributed by atoms with Crippen LogP contribution in [0.3, 0.4) is 0 Å². The number of nitrogen functional groups attached to an aromatic ring is 1. The monoisotopic (exact) mass is 236 g/mol. The number of nitrogens with two attached hydrogens (primary N) is 1. The van der Waals surface area contributed by atoms with Crippen LogP contribution in [0.5, 0.6) is 0 Å². The molecule has 0 fully saturated rings. The van der Waals surface area contributed by atoms with Crippen LogP contribution in [-0.4, -0.2) is 23.1 Å². The van der Waals surface area contributed by atoms with Crippen molar-refractivity contribution >= 4 is 11.6 Å². The number of hydrogen-bond acceptors (Lipinski definition) is 4. The fraction of sp³-hybridized carbons (Fsp3) is 0.692. The van der Waals surface area contributed by atoms with Gasteiger partial charge >= 0.3 is 0 Å². The zero-order valence-electron chi connectivity index (χ0n) is 11.8. The molecule has 96 valence electrons. The van der Waals surface area contributed by atoms with Gasteiger partial charge in [-0.25, -0.2) is 9.97 Å². The summed E-state index contributed by atoms with van der Waals surface area (Å²) in [4.78, 5) is 11.3. The summed E-state index contributed by atoms with van der Waals surface area (Å²) < 4.78 is 0. The number of anilines is 2. The third kappa shape index (κ3) is 2.87. The highest BCUT2D eigenvalue weighted by Gasteiger charge is 2.21. The van der Waals surface area contributed by atoms with Gasteiger partial charge in [-0.2, -0.15) is 0 Å². The quantitative estimate of drug-likeness (QED) is 0.876. The number of hydrogen-bond donors (Lipinski definition) is 1. The Morgan fingerprint density at radius 2 is 1.65 bits per heavy atom. The lowest BCUT2D eigenvalue weighted by Gasteiger charge is -2.25. The highest BCUT2D eigenvalue weighted by atomic mass is 15.2. The Labute approximate surface area is 104 Å². The molecule has 2 N–H and O–H groups in total. The standard InChI is InChI=1S/C13H24N4/c1-7-17(8-2)11-9(3)10(14)15-12(16-11)13(4,5)6/h7-8H2,1-6H3,(H2,14,15,16). The Morgan fingerprint density at radius 3 is 2.06 bits per heavy atom. The molecule has 0 aliphatic heterocycles. The summed E-state index contributed by atoms with van der Waals surface area (Å²) in [6, 6.07) is 0. The maximum atomic E-state index is 5.99. The Balaban J connectivity index is 3.34. The largest absolute Gasteiger partial charge is 0.383 e. The summed E-state index contributed by atoms with van der Waals surface area (Å²) in [5, 5.41) is 0. The van der Waals surface area contributed by atoms with Crippen molar-refractivity contribution in [3.8, 4) is 0 Å². The van der Waals surface area contributed by atoms with E-state index in [0.29, 0.717) is 5.82 Å². The summed E-state index contributed by atoms with van der Waals surface area (Å²) in [6.07, 6.45) is 0. The van der Waals surface area contributed by atoms with Crippen molar-refractivity contribution in [3.05, 3.63) is 11.4 Å². The summed E-state index contributed by atoms with van der Waals surface area (Å²) in [7, 11) is 0. The van der Waals surface area contributed by atoms with Crippen LogP contribution in [0.4, 0.5) is 11.6 Å². The highest BCUT2D eigenvalue weighted by molar-refractivity contribution is 5.56. The minimum atomic E-state index is -0.0796. The summed E-state index contributed by atoms with van der Waals surface area (Å²) in [5.41, 5.74) is 6.88. The van der Waals surface area contributed by atoms with Gasteiger partial charge in [-0.3, -0.25) is 0 Å². The van der Waals surface area contributed by atoms with E-state index in [4.69, 9.17) is 5.73 Å². The van der Waals surface area contributed by atoms with Crippen LogP contribution in [0.2, 0.25) is 0 Å². The Kier molecular flexibility index (Phi) is 3.96. The van der Waals surface area contributed by atoms with E-state index < -0.39 is 0 Å².